The molecule has 0 amide bonds. The lowest BCUT2D eigenvalue weighted by Crippen LogP contribution is -2.45. The molecule has 18 heavy (non-hydrogen) atoms. The molecule has 3 nitrogen and oxygen atoms in total. The standard InChI is InChI=1S/C15H23NO2/c1-10(2)15(3)9-13(16-4)12-7-6-11(17-5)8-14(12)18-15/h6-8,10,13,16H,9H2,1-5H3. The van der Waals surface area contributed by atoms with Gasteiger partial charge in [-0.1, -0.05) is 19.9 Å². The maximum atomic E-state index is 6.24. The lowest BCUT2D eigenvalue weighted by Gasteiger charge is -2.42. The van der Waals surface area contributed by atoms with Gasteiger partial charge < -0.3 is 14.8 Å². The summed E-state index contributed by atoms with van der Waals surface area (Å²) in [6, 6.07) is 6.41. The van der Waals surface area contributed by atoms with Crippen molar-refractivity contribution in [3.8, 4) is 11.5 Å². The second-order valence-electron chi connectivity index (χ2n) is 5.52. The summed E-state index contributed by atoms with van der Waals surface area (Å²) in [5.74, 6) is 2.25. The molecular formula is C15H23NO2. The first-order valence-electron chi connectivity index (χ1n) is 6.54. The third-order valence-corrected chi connectivity index (χ3v) is 4.12. The van der Waals surface area contributed by atoms with E-state index in [0.717, 1.165) is 17.9 Å². The molecule has 2 unspecified atom stereocenters. The van der Waals surface area contributed by atoms with E-state index in [4.69, 9.17) is 9.47 Å². The van der Waals surface area contributed by atoms with Crippen LogP contribution in [0.5, 0.6) is 11.5 Å². The summed E-state index contributed by atoms with van der Waals surface area (Å²) < 4.78 is 11.5. The number of fused-ring (bicyclic) bond motifs is 1. The van der Waals surface area contributed by atoms with Crippen LogP contribution in [0.15, 0.2) is 18.2 Å². The summed E-state index contributed by atoms with van der Waals surface area (Å²) in [5, 5.41) is 3.39. The summed E-state index contributed by atoms with van der Waals surface area (Å²) in [4.78, 5) is 0. The van der Waals surface area contributed by atoms with Crippen molar-refractivity contribution >= 4 is 0 Å². The van der Waals surface area contributed by atoms with Crippen molar-refractivity contribution in [3.05, 3.63) is 23.8 Å². The van der Waals surface area contributed by atoms with Gasteiger partial charge in [0.2, 0.25) is 0 Å². The van der Waals surface area contributed by atoms with Gasteiger partial charge in [0, 0.05) is 24.1 Å². The Hall–Kier alpha value is -1.22. The van der Waals surface area contributed by atoms with E-state index in [-0.39, 0.29) is 5.60 Å². The molecule has 0 fully saturated rings. The molecule has 1 N–H and O–H groups in total. The minimum Gasteiger partial charge on any atom is -0.497 e. The zero-order chi connectivity index (χ0) is 13.3. The van der Waals surface area contributed by atoms with Gasteiger partial charge in [0.1, 0.15) is 17.1 Å². The molecule has 1 heterocycles. The predicted octanol–water partition coefficient (Wildman–Crippen LogP) is 3.15. The van der Waals surface area contributed by atoms with Crippen LogP contribution in [0, 0.1) is 5.92 Å². The van der Waals surface area contributed by atoms with Crippen molar-refractivity contribution in [1.82, 2.24) is 5.32 Å². The first-order chi connectivity index (χ1) is 8.50. The van der Waals surface area contributed by atoms with Gasteiger partial charge in [-0.3, -0.25) is 0 Å². The Labute approximate surface area is 109 Å². The highest BCUT2D eigenvalue weighted by molar-refractivity contribution is 5.44. The summed E-state index contributed by atoms with van der Waals surface area (Å²) in [7, 11) is 3.69. The number of nitrogens with one attached hydrogen (secondary N) is 1. The third kappa shape index (κ3) is 2.19. The highest BCUT2D eigenvalue weighted by atomic mass is 16.5. The molecule has 0 aromatic heterocycles. The lowest BCUT2D eigenvalue weighted by atomic mass is 9.81. The number of benzene rings is 1. The van der Waals surface area contributed by atoms with Gasteiger partial charge in [-0.2, -0.15) is 0 Å². The van der Waals surface area contributed by atoms with Gasteiger partial charge in [0.15, 0.2) is 0 Å². The van der Waals surface area contributed by atoms with Crippen molar-refractivity contribution in [2.75, 3.05) is 14.2 Å². The molecule has 0 saturated carbocycles. The van der Waals surface area contributed by atoms with Crippen molar-refractivity contribution < 1.29 is 9.47 Å². The highest BCUT2D eigenvalue weighted by Gasteiger charge is 2.39. The Morgan fingerprint density at radius 3 is 2.72 bits per heavy atom. The zero-order valence-electron chi connectivity index (χ0n) is 11.9. The molecule has 0 aliphatic carbocycles. The second-order valence-corrected chi connectivity index (χ2v) is 5.52. The molecule has 0 spiro atoms. The van der Waals surface area contributed by atoms with Crippen LogP contribution in [0.2, 0.25) is 0 Å². The SMILES string of the molecule is CNC1CC(C)(C(C)C)Oc2cc(OC)ccc21. The Balaban J connectivity index is 2.42. The largest absolute Gasteiger partial charge is 0.497 e. The van der Waals surface area contributed by atoms with Crippen LogP contribution in [0.1, 0.15) is 38.8 Å². The van der Waals surface area contributed by atoms with Gasteiger partial charge in [-0.25, -0.2) is 0 Å². The molecule has 0 saturated heterocycles. The van der Waals surface area contributed by atoms with E-state index in [1.165, 1.54) is 5.56 Å². The molecule has 0 radical (unpaired) electrons. The van der Waals surface area contributed by atoms with Crippen molar-refractivity contribution in [1.29, 1.82) is 0 Å². The molecule has 0 bridgehead atoms. The normalized spacial score (nSPS) is 26.7. The molecule has 2 rings (SSSR count). The molecular weight excluding hydrogens is 226 g/mol. The number of hydrogen-bond donors (Lipinski definition) is 1. The molecule has 1 aromatic rings. The first-order valence-corrected chi connectivity index (χ1v) is 6.54. The molecule has 3 heteroatoms. The Morgan fingerprint density at radius 2 is 2.17 bits per heavy atom. The van der Waals surface area contributed by atoms with E-state index < -0.39 is 0 Å². The third-order valence-electron chi connectivity index (χ3n) is 4.12. The average Bonchev–Trinajstić information content (AvgIpc) is 2.36. The zero-order valence-corrected chi connectivity index (χ0v) is 11.9. The summed E-state index contributed by atoms with van der Waals surface area (Å²) in [5.41, 5.74) is 1.09. The molecule has 2 atom stereocenters. The first kappa shape index (κ1) is 13.2. The minimum atomic E-state index is -0.132. The van der Waals surface area contributed by atoms with Crippen LogP contribution >= 0.6 is 0 Å². The second kappa shape index (κ2) is 4.81. The predicted molar refractivity (Wildman–Crippen MR) is 73.3 cm³/mol. The van der Waals surface area contributed by atoms with E-state index in [9.17, 15) is 0 Å². The van der Waals surface area contributed by atoms with E-state index in [1.807, 2.05) is 19.2 Å². The average molecular weight is 249 g/mol. The van der Waals surface area contributed by atoms with E-state index in [0.29, 0.717) is 12.0 Å². The van der Waals surface area contributed by atoms with Gasteiger partial charge in [0.05, 0.1) is 7.11 Å². The quantitative estimate of drug-likeness (QED) is 0.892. The topological polar surface area (TPSA) is 30.5 Å². The fourth-order valence-corrected chi connectivity index (χ4v) is 2.44. The number of rotatable bonds is 3. The Kier molecular flexibility index (Phi) is 3.53. The Bertz CT molecular complexity index is 431. The summed E-state index contributed by atoms with van der Waals surface area (Å²) in [6.07, 6.45) is 0.987. The van der Waals surface area contributed by atoms with Crippen LogP contribution in [-0.2, 0) is 0 Å². The fraction of sp³-hybridized carbons (Fsp3) is 0.600. The smallest absolute Gasteiger partial charge is 0.128 e. The summed E-state index contributed by atoms with van der Waals surface area (Å²) >= 11 is 0. The van der Waals surface area contributed by atoms with Gasteiger partial charge in [-0.05, 0) is 26.0 Å². The fourth-order valence-electron chi connectivity index (χ4n) is 2.44. The van der Waals surface area contributed by atoms with E-state index in [2.05, 4.69) is 32.2 Å². The highest BCUT2D eigenvalue weighted by Crippen LogP contribution is 2.43. The van der Waals surface area contributed by atoms with Crippen molar-refractivity contribution in [2.45, 2.75) is 38.8 Å². The maximum absolute atomic E-state index is 6.24. The number of methoxy groups -OCH3 is 1. The molecule has 1 aromatic carbocycles. The van der Waals surface area contributed by atoms with Crippen LogP contribution in [0.3, 0.4) is 0 Å². The molecule has 100 valence electrons. The monoisotopic (exact) mass is 249 g/mol. The van der Waals surface area contributed by atoms with Crippen molar-refractivity contribution in [2.24, 2.45) is 5.92 Å². The molecule has 1 aliphatic heterocycles. The lowest BCUT2D eigenvalue weighted by molar-refractivity contribution is 0.00666. The van der Waals surface area contributed by atoms with Gasteiger partial charge in [0.25, 0.3) is 0 Å². The van der Waals surface area contributed by atoms with E-state index in [1.54, 1.807) is 7.11 Å². The maximum Gasteiger partial charge on any atom is 0.128 e. The molecule has 1 aliphatic rings. The van der Waals surface area contributed by atoms with Crippen LogP contribution < -0.4 is 14.8 Å². The number of hydrogen-bond acceptors (Lipinski definition) is 3. The van der Waals surface area contributed by atoms with Crippen molar-refractivity contribution in [3.63, 3.8) is 0 Å². The number of ether oxygens (including phenoxy) is 2. The summed E-state index contributed by atoms with van der Waals surface area (Å²) in [6.45, 7) is 6.60. The minimum absolute atomic E-state index is 0.132. The Morgan fingerprint density at radius 1 is 1.44 bits per heavy atom. The van der Waals surface area contributed by atoms with E-state index >= 15 is 0 Å². The van der Waals surface area contributed by atoms with Crippen LogP contribution in [0.4, 0.5) is 0 Å². The van der Waals surface area contributed by atoms with Crippen LogP contribution in [-0.4, -0.2) is 19.8 Å². The van der Waals surface area contributed by atoms with Crippen LogP contribution in [0.25, 0.3) is 0 Å². The van der Waals surface area contributed by atoms with Gasteiger partial charge in [-0.15, -0.1) is 0 Å². The van der Waals surface area contributed by atoms with Gasteiger partial charge >= 0.3 is 0 Å².